The van der Waals surface area contributed by atoms with Gasteiger partial charge in [-0.15, -0.1) is 11.3 Å². The average molecular weight is 253 g/mol. The summed E-state index contributed by atoms with van der Waals surface area (Å²) in [5.74, 6) is 0. The third-order valence-electron chi connectivity index (χ3n) is 2.06. The fraction of sp³-hybridized carbons (Fsp3) is 0. The van der Waals surface area contributed by atoms with Crippen LogP contribution in [0.3, 0.4) is 0 Å². The highest BCUT2D eigenvalue weighted by molar-refractivity contribution is 9.10. The van der Waals surface area contributed by atoms with Crippen molar-refractivity contribution < 1.29 is 0 Å². The number of nitrogens with zero attached hydrogens (tertiary/aromatic N) is 1. The Morgan fingerprint density at radius 3 is 3.23 bits per heavy atom. The summed E-state index contributed by atoms with van der Waals surface area (Å²) in [4.78, 5) is 1.14. The number of aromatic nitrogens is 2. The summed E-state index contributed by atoms with van der Waals surface area (Å²) in [6.45, 7) is 0. The Morgan fingerprint density at radius 1 is 1.38 bits per heavy atom. The predicted octanol–water partition coefficient (Wildman–Crippen LogP) is 3.54. The highest BCUT2D eigenvalue weighted by Crippen LogP contribution is 2.36. The molecule has 0 fully saturated rings. The molecule has 0 unspecified atom stereocenters. The lowest BCUT2D eigenvalue weighted by molar-refractivity contribution is 1.13. The van der Waals surface area contributed by atoms with E-state index in [2.05, 4.69) is 44.3 Å². The number of thiophene rings is 1. The van der Waals surface area contributed by atoms with Crippen LogP contribution in [-0.4, -0.2) is 10.2 Å². The molecular weight excluding hydrogens is 248 g/mol. The fourth-order valence-electron chi connectivity index (χ4n) is 1.49. The van der Waals surface area contributed by atoms with E-state index in [1.54, 1.807) is 11.3 Å². The zero-order valence-corrected chi connectivity index (χ0v) is 8.95. The normalized spacial score (nSPS) is 11.5. The number of rotatable bonds is 0. The van der Waals surface area contributed by atoms with Gasteiger partial charge in [-0.2, -0.15) is 5.10 Å². The molecule has 1 aromatic carbocycles. The van der Waals surface area contributed by atoms with Gasteiger partial charge in [0.15, 0.2) is 0 Å². The van der Waals surface area contributed by atoms with Gasteiger partial charge in [-0.1, -0.05) is 22.0 Å². The van der Waals surface area contributed by atoms with Crippen LogP contribution in [0, 0.1) is 0 Å². The lowest BCUT2D eigenvalue weighted by Crippen LogP contribution is -1.65. The van der Waals surface area contributed by atoms with E-state index >= 15 is 0 Å². The average Bonchev–Trinajstić information content (AvgIpc) is 2.62. The molecule has 1 N–H and O–H groups in total. The van der Waals surface area contributed by atoms with Gasteiger partial charge in [0.25, 0.3) is 0 Å². The van der Waals surface area contributed by atoms with Crippen molar-refractivity contribution in [2.75, 3.05) is 0 Å². The van der Waals surface area contributed by atoms with Gasteiger partial charge in [0.1, 0.15) is 4.83 Å². The van der Waals surface area contributed by atoms with E-state index in [-0.39, 0.29) is 0 Å². The second kappa shape index (κ2) is 2.56. The van der Waals surface area contributed by atoms with Gasteiger partial charge < -0.3 is 0 Å². The van der Waals surface area contributed by atoms with Crippen LogP contribution >= 0.6 is 27.3 Å². The number of hydrogen-bond acceptors (Lipinski definition) is 2. The maximum Gasteiger partial charge on any atom is 0.119 e. The Bertz CT molecular complexity index is 581. The van der Waals surface area contributed by atoms with Crippen LogP contribution in [-0.2, 0) is 0 Å². The number of fused-ring (bicyclic) bond motifs is 3. The van der Waals surface area contributed by atoms with Crippen molar-refractivity contribution in [1.82, 2.24) is 10.2 Å². The first-order valence-corrected chi connectivity index (χ1v) is 5.47. The Hall–Kier alpha value is -0.870. The molecule has 4 heteroatoms. The van der Waals surface area contributed by atoms with Gasteiger partial charge in [-0.3, -0.25) is 5.10 Å². The largest absolute Gasteiger partial charge is 0.268 e. The summed E-state index contributed by atoms with van der Waals surface area (Å²) in [5.41, 5.74) is 0. The van der Waals surface area contributed by atoms with Crippen molar-refractivity contribution in [2.45, 2.75) is 0 Å². The molecule has 2 heterocycles. The highest BCUT2D eigenvalue weighted by Gasteiger charge is 2.08. The predicted molar refractivity (Wildman–Crippen MR) is 59.2 cm³/mol. The second-order valence-electron chi connectivity index (χ2n) is 2.83. The van der Waals surface area contributed by atoms with Crippen LogP contribution in [0.5, 0.6) is 0 Å². The third-order valence-corrected chi connectivity index (χ3v) is 3.80. The van der Waals surface area contributed by atoms with Crippen molar-refractivity contribution in [3.05, 3.63) is 28.9 Å². The van der Waals surface area contributed by atoms with Gasteiger partial charge in [0.05, 0.1) is 6.20 Å². The summed E-state index contributed by atoms with van der Waals surface area (Å²) in [6, 6.07) is 6.23. The molecular formula is C9H5BrN2S. The molecule has 13 heavy (non-hydrogen) atoms. The molecule has 0 amide bonds. The van der Waals surface area contributed by atoms with Crippen LogP contribution in [0.25, 0.3) is 20.3 Å². The molecule has 0 aliphatic rings. The molecule has 0 bridgehead atoms. The standard InChI is InChI=1S/C9H5BrN2S/c10-6-2-1-3-7-8(6)5-4-11-12-9(5)13-7/h1-4H,(H,11,12). The summed E-state index contributed by atoms with van der Waals surface area (Å²) in [7, 11) is 0. The fourth-order valence-corrected chi connectivity index (χ4v) is 3.25. The first kappa shape index (κ1) is 7.53. The van der Waals surface area contributed by atoms with Gasteiger partial charge in [-0.05, 0) is 12.1 Å². The van der Waals surface area contributed by atoms with Crippen molar-refractivity contribution in [3.8, 4) is 0 Å². The quantitative estimate of drug-likeness (QED) is 0.652. The van der Waals surface area contributed by atoms with Crippen molar-refractivity contribution >= 4 is 47.6 Å². The minimum Gasteiger partial charge on any atom is -0.268 e. The van der Waals surface area contributed by atoms with E-state index in [1.165, 1.54) is 15.5 Å². The monoisotopic (exact) mass is 252 g/mol. The number of halogens is 1. The van der Waals surface area contributed by atoms with Crippen LogP contribution in [0.4, 0.5) is 0 Å². The van der Waals surface area contributed by atoms with Crippen LogP contribution < -0.4 is 0 Å². The van der Waals surface area contributed by atoms with Crippen LogP contribution in [0.15, 0.2) is 28.9 Å². The number of hydrogen-bond donors (Lipinski definition) is 1. The van der Waals surface area contributed by atoms with E-state index in [9.17, 15) is 0 Å². The maximum atomic E-state index is 4.02. The molecule has 3 aromatic rings. The van der Waals surface area contributed by atoms with Gasteiger partial charge >= 0.3 is 0 Å². The minimum atomic E-state index is 1.14. The Morgan fingerprint density at radius 2 is 2.31 bits per heavy atom. The van der Waals surface area contributed by atoms with Crippen molar-refractivity contribution in [1.29, 1.82) is 0 Å². The molecule has 3 rings (SSSR count). The SMILES string of the molecule is Brc1cccc2sc3[nH]ncc3c12. The number of H-pyrrole nitrogens is 1. The molecule has 2 nitrogen and oxygen atoms in total. The molecule has 0 atom stereocenters. The Balaban J connectivity index is 2.68. The molecule has 0 aliphatic heterocycles. The van der Waals surface area contributed by atoms with Gasteiger partial charge in [-0.25, -0.2) is 0 Å². The van der Waals surface area contributed by atoms with Gasteiger partial charge in [0, 0.05) is 19.9 Å². The summed E-state index contributed by atoms with van der Waals surface area (Å²) < 4.78 is 2.43. The molecule has 0 spiro atoms. The van der Waals surface area contributed by atoms with E-state index in [0.717, 1.165) is 9.30 Å². The van der Waals surface area contributed by atoms with E-state index < -0.39 is 0 Å². The van der Waals surface area contributed by atoms with Crippen LogP contribution in [0.2, 0.25) is 0 Å². The zero-order chi connectivity index (χ0) is 8.84. The summed E-state index contributed by atoms with van der Waals surface area (Å²) in [6.07, 6.45) is 1.87. The topological polar surface area (TPSA) is 28.7 Å². The molecule has 0 radical (unpaired) electrons. The highest BCUT2D eigenvalue weighted by atomic mass is 79.9. The maximum absolute atomic E-state index is 4.02. The molecule has 0 saturated heterocycles. The van der Waals surface area contributed by atoms with E-state index in [0.29, 0.717) is 0 Å². The van der Waals surface area contributed by atoms with Gasteiger partial charge in [0.2, 0.25) is 0 Å². The molecule has 2 aromatic heterocycles. The Labute approximate surface area is 86.7 Å². The smallest absolute Gasteiger partial charge is 0.119 e. The van der Waals surface area contributed by atoms with Crippen LogP contribution in [0.1, 0.15) is 0 Å². The van der Waals surface area contributed by atoms with Crippen molar-refractivity contribution in [3.63, 3.8) is 0 Å². The van der Waals surface area contributed by atoms with Crippen molar-refractivity contribution in [2.24, 2.45) is 0 Å². The lowest BCUT2D eigenvalue weighted by atomic mass is 10.2. The minimum absolute atomic E-state index is 1.14. The summed E-state index contributed by atoms with van der Waals surface area (Å²) >= 11 is 5.28. The number of nitrogens with one attached hydrogen (secondary N) is 1. The summed E-state index contributed by atoms with van der Waals surface area (Å²) in [5, 5.41) is 9.46. The van der Waals surface area contributed by atoms with E-state index in [4.69, 9.17) is 0 Å². The van der Waals surface area contributed by atoms with E-state index in [1.807, 2.05) is 6.20 Å². The Kier molecular flexibility index (Phi) is 1.48. The number of benzene rings is 1. The lowest BCUT2D eigenvalue weighted by Gasteiger charge is -1.91. The molecule has 64 valence electrons. The third kappa shape index (κ3) is 0.957. The number of aromatic amines is 1. The molecule has 0 saturated carbocycles. The first-order valence-electron chi connectivity index (χ1n) is 3.86. The zero-order valence-electron chi connectivity index (χ0n) is 6.54. The molecule has 0 aliphatic carbocycles. The first-order chi connectivity index (χ1) is 6.36. The second-order valence-corrected chi connectivity index (χ2v) is 4.73.